The van der Waals surface area contributed by atoms with Gasteiger partial charge in [-0.15, -0.1) is 10.2 Å². The third kappa shape index (κ3) is 2.58. The Balaban J connectivity index is 1.51. The molecule has 0 aliphatic carbocycles. The van der Waals surface area contributed by atoms with E-state index in [9.17, 15) is 0 Å². The van der Waals surface area contributed by atoms with Crippen LogP contribution in [0.3, 0.4) is 0 Å². The van der Waals surface area contributed by atoms with Gasteiger partial charge in [0.05, 0.1) is 0 Å². The van der Waals surface area contributed by atoms with E-state index in [1.807, 2.05) is 48.5 Å². The molecule has 4 aromatic rings. The molecule has 1 aliphatic heterocycles. The molecule has 2 aromatic heterocycles. The molecule has 5 rings (SSSR count). The Hall–Kier alpha value is -2.45. The molecule has 0 spiro atoms. The van der Waals surface area contributed by atoms with E-state index < -0.39 is 0 Å². The average molecular weight is 415 g/mol. The minimum Gasteiger partial charge on any atom is -0.485 e. The average Bonchev–Trinajstić information content (AvgIpc) is 3.23. The van der Waals surface area contributed by atoms with Crippen LogP contribution in [0.25, 0.3) is 16.3 Å². The Bertz CT molecular complexity index is 1060. The van der Waals surface area contributed by atoms with E-state index >= 15 is 0 Å². The molecule has 25 heavy (non-hydrogen) atoms. The van der Waals surface area contributed by atoms with Crippen LogP contribution in [0.1, 0.15) is 11.1 Å². The normalized spacial score (nSPS) is 16.3. The van der Waals surface area contributed by atoms with Crippen molar-refractivity contribution < 1.29 is 9.47 Å². The lowest BCUT2D eigenvalue weighted by atomic mass is 10.2. The molecule has 0 bridgehead atoms. The summed E-state index contributed by atoms with van der Waals surface area (Å²) in [5.41, 5.74) is 0.957. The molecular weight excluding hydrogens is 404 g/mol. The van der Waals surface area contributed by atoms with Gasteiger partial charge in [0.15, 0.2) is 28.4 Å². The summed E-state index contributed by atoms with van der Waals surface area (Å²) in [5, 5.41) is 14.0. The number of nitrogens with zero attached hydrogens (tertiary/aromatic N) is 4. The predicted molar refractivity (Wildman–Crippen MR) is 97.1 cm³/mol. The van der Waals surface area contributed by atoms with Gasteiger partial charge in [-0.05, 0) is 24.3 Å². The molecular formula is C17H11BrN4O2S. The molecule has 3 heterocycles. The molecule has 0 saturated heterocycles. The maximum Gasteiger partial charge on any atom is 0.235 e. The van der Waals surface area contributed by atoms with Crippen molar-refractivity contribution >= 4 is 32.2 Å². The smallest absolute Gasteiger partial charge is 0.235 e. The quantitative estimate of drug-likeness (QED) is 0.493. The summed E-state index contributed by atoms with van der Waals surface area (Å²) in [5.74, 6) is 2.21. The molecule has 0 unspecified atom stereocenters. The van der Waals surface area contributed by atoms with Gasteiger partial charge in [-0.25, -0.2) is 0 Å². The van der Waals surface area contributed by atoms with Crippen molar-refractivity contribution in [2.24, 2.45) is 0 Å². The van der Waals surface area contributed by atoms with Crippen molar-refractivity contribution in [2.45, 2.75) is 6.10 Å². The molecule has 0 N–H and O–H groups in total. The third-order valence-electron chi connectivity index (χ3n) is 3.89. The maximum absolute atomic E-state index is 6.03. The van der Waals surface area contributed by atoms with Gasteiger partial charge in [-0.2, -0.15) is 9.61 Å². The summed E-state index contributed by atoms with van der Waals surface area (Å²) in [6.45, 7) is 0.425. The van der Waals surface area contributed by atoms with Gasteiger partial charge in [0.2, 0.25) is 4.96 Å². The van der Waals surface area contributed by atoms with Crippen LogP contribution < -0.4 is 9.47 Å². The second-order valence-corrected chi connectivity index (χ2v) is 7.43. The second-order valence-electron chi connectivity index (χ2n) is 5.53. The third-order valence-corrected chi connectivity index (χ3v) is 5.41. The zero-order chi connectivity index (χ0) is 16.8. The van der Waals surface area contributed by atoms with Crippen LogP contribution in [0.15, 0.2) is 53.0 Å². The highest BCUT2D eigenvalue weighted by Gasteiger charge is 2.27. The Morgan fingerprint density at radius 3 is 2.68 bits per heavy atom. The first-order valence-corrected chi connectivity index (χ1v) is 9.25. The first-order valence-electron chi connectivity index (χ1n) is 7.64. The van der Waals surface area contributed by atoms with Gasteiger partial charge in [0.1, 0.15) is 6.61 Å². The Labute approximate surface area is 155 Å². The fourth-order valence-electron chi connectivity index (χ4n) is 2.68. The number of hydrogen-bond donors (Lipinski definition) is 0. The van der Waals surface area contributed by atoms with E-state index in [1.165, 1.54) is 11.3 Å². The van der Waals surface area contributed by atoms with Crippen LogP contribution in [0, 0.1) is 0 Å². The Morgan fingerprint density at radius 2 is 1.84 bits per heavy atom. The number of para-hydroxylation sites is 2. The zero-order valence-corrected chi connectivity index (χ0v) is 15.2. The van der Waals surface area contributed by atoms with E-state index in [-0.39, 0.29) is 6.10 Å². The number of ether oxygens (including phenoxy) is 2. The van der Waals surface area contributed by atoms with Crippen LogP contribution in [-0.4, -0.2) is 26.4 Å². The summed E-state index contributed by atoms with van der Waals surface area (Å²) < 4.78 is 14.6. The Kier molecular flexibility index (Phi) is 3.46. The van der Waals surface area contributed by atoms with E-state index in [4.69, 9.17) is 9.47 Å². The number of rotatable bonds is 2. The number of halogens is 1. The van der Waals surface area contributed by atoms with Crippen LogP contribution >= 0.6 is 27.3 Å². The van der Waals surface area contributed by atoms with Crippen LogP contribution in [0.2, 0.25) is 0 Å². The van der Waals surface area contributed by atoms with E-state index in [0.717, 1.165) is 31.5 Å². The van der Waals surface area contributed by atoms with E-state index in [0.29, 0.717) is 12.4 Å². The molecule has 1 aliphatic rings. The summed E-state index contributed by atoms with van der Waals surface area (Å²) in [4.78, 5) is 0.732. The lowest BCUT2D eigenvalue weighted by Gasteiger charge is -2.24. The lowest BCUT2D eigenvalue weighted by Crippen LogP contribution is -2.21. The predicted octanol–water partition coefficient (Wildman–Crippen LogP) is 4.13. The van der Waals surface area contributed by atoms with Crippen LogP contribution in [0.5, 0.6) is 11.5 Å². The minimum absolute atomic E-state index is 0.251. The summed E-state index contributed by atoms with van der Waals surface area (Å²) in [6, 6.07) is 15.6. The highest BCUT2D eigenvalue weighted by Crippen LogP contribution is 2.37. The zero-order valence-electron chi connectivity index (χ0n) is 12.8. The van der Waals surface area contributed by atoms with Crippen molar-refractivity contribution in [2.75, 3.05) is 6.61 Å². The molecule has 8 heteroatoms. The van der Waals surface area contributed by atoms with Crippen molar-refractivity contribution in [1.29, 1.82) is 0 Å². The van der Waals surface area contributed by atoms with Gasteiger partial charge in [0.25, 0.3) is 0 Å². The fraction of sp³-hybridized carbons (Fsp3) is 0.118. The monoisotopic (exact) mass is 414 g/mol. The standard InChI is InChI=1S/C17H11BrN4O2S/c18-11-7-5-10(6-8-11)15-19-20-17-22(15)21-16(25-17)14-9-23-12-3-1-2-4-13(12)24-14/h1-8,14H,9H2/t14-/m1/s1. The molecule has 6 nitrogen and oxygen atoms in total. The number of aromatic nitrogens is 4. The van der Waals surface area contributed by atoms with Crippen LogP contribution in [-0.2, 0) is 0 Å². The van der Waals surface area contributed by atoms with Crippen LogP contribution in [0.4, 0.5) is 0 Å². The van der Waals surface area contributed by atoms with Gasteiger partial charge in [-0.1, -0.05) is 51.5 Å². The molecule has 1 atom stereocenters. The molecule has 0 saturated carbocycles. The van der Waals surface area contributed by atoms with E-state index in [2.05, 4.69) is 31.2 Å². The first-order chi connectivity index (χ1) is 12.3. The van der Waals surface area contributed by atoms with Gasteiger partial charge in [0, 0.05) is 10.0 Å². The lowest BCUT2D eigenvalue weighted by molar-refractivity contribution is 0.0904. The summed E-state index contributed by atoms with van der Waals surface area (Å²) >= 11 is 4.90. The van der Waals surface area contributed by atoms with Crippen molar-refractivity contribution in [3.8, 4) is 22.9 Å². The topological polar surface area (TPSA) is 61.5 Å². The number of benzene rings is 2. The molecule has 2 aromatic carbocycles. The minimum atomic E-state index is -0.251. The van der Waals surface area contributed by atoms with Crippen molar-refractivity contribution in [3.05, 3.63) is 58.0 Å². The maximum atomic E-state index is 6.03. The SMILES string of the molecule is Brc1ccc(-c2nnc3sc([C@H]4COc5ccccc5O4)nn23)cc1. The highest BCUT2D eigenvalue weighted by molar-refractivity contribution is 9.10. The van der Waals surface area contributed by atoms with Gasteiger partial charge < -0.3 is 9.47 Å². The molecule has 124 valence electrons. The van der Waals surface area contributed by atoms with Crippen molar-refractivity contribution in [1.82, 2.24) is 19.8 Å². The molecule has 0 amide bonds. The summed E-state index contributed by atoms with van der Waals surface area (Å²) in [7, 11) is 0. The largest absolute Gasteiger partial charge is 0.485 e. The summed E-state index contributed by atoms with van der Waals surface area (Å²) in [6.07, 6.45) is -0.251. The molecule has 0 fully saturated rings. The molecule has 0 radical (unpaired) electrons. The second kappa shape index (κ2) is 5.82. The fourth-order valence-corrected chi connectivity index (χ4v) is 3.80. The van der Waals surface area contributed by atoms with Crippen molar-refractivity contribution in [3.63, 3.8) is 0 Å². The first kappa shape index (κ1) is 14.9. The highest BCUT2D eigenvalue weighted by atomic mass is 79.9. The van der Waals surface area contributed by atoms with Gasteiger partial charge >= 0.3 is 0 Å². The number of hydrogen-bond acceptors (Lipinski definition) is 6. The van der Waals surface area contributed by atoms with Gasteiger partial charge in [-0.3, -0.25) is 0 Å². The number of fused-ring (bicyclic) bond motifs is 2. The van der Waals surface area contributed by atoms with E-state index in [1.54, 1.807) is 4.52 Å². The Morgan fingerprint density at radius 1 is 1.04 bits per heavy atom.